The van der Waals surface area contributed by atoms with Gasteiger partial charge in [0.25, 0.3) is 0 Å². The normalized spacial score (nSPS) is 17.1. The first kappa shape index (κ1) is 33.0. The molecule has 1 saturated heterocycles. The molecule has 1 aliphatic rings. The number of ether oxygens (including phenoxy) is 1. The zero-order valence-corrected chi connectivity index (χ0v) is 27.8. The Bertz CT molecular complexity index is 1700. The van der Waals surface area contributed by atoms with Gasteiger partial charge in [0.2, 0.25) is 5.91 Å². The number of anilines is 1. The van der Waals surface area contributed by atoms with Gasteiger partial charge in [-0.25, -0.2) is 13.6 Å². The fraction of sp³-hybridized carbons (Fsp3) is 0.263. The minimum atomic E-state index is -2.10. The Morgan fingerprint density at radius 1 is 0.826 bits per heavy atom. The average Bonchev–Trinajstić information content (AvgIpc) is 3.03. The first-order chi connectivity index (χ1) is 21.8. The van der Waals surface area contributed by atoms with Crippen molar-refractivity contribution in [1.82, 2.24) is 0 Å². The molecule has 5 nitrogen and oxygen atoms in total. The second kappa shape index (κ2) is 13.5. The number of carbonyl (C=O) groups is 2. The summed E-state index contributed by atoms with van der Waals surface area (Å²) in [7, 11) is -2.10. The molecular formula is C38H39F2NO4Si. The number of allylic oxidation sites excluding steroid dienone is 1. The molecule has 0 saturated carbocycles. The molecule has 0 bridgehead atoms. The van der Waals surface area contributed by atoms with E-state index in [0.29, 0.717) is 30.0 Å². The van der Waals surface area contributed by atoms with E-state index in [4.69, 9.17) is 9.16 Å². The third-order valence-electron chi connectivity index (χ3n) is 8.99. The number of carbonyl (C=O) groups excluding carboxylic acids is 2. The number of hydrogen-bond donors (Lipinski definition) is 0. The summed E-state index contributed by atoms with van der Waals surface area (Å²) in [6.07, 6.45) is 2.44. The zero-order valence-electron chi connectivity index (χ0n) is 26.8. The summed E-state index contributed by atoms with van der Waals surface area (Å²) < 4.78 is 39.7. The molecule has 1 aliphatic heterocycles. The highest BCUT2D eigenvalue weighted by molar-refractivity contribution is 6.74. The molecule has 8 heteroatoms. The number of benzene rings is 4. The molecule has 46 heavy (non-hydrogen) atoms. The van der Waals surface area contributed by atoms with Crippen molar-refractivity contribution in [3.8, 4) is 5.75 Å². The largest absolute Gasteiger partial charge is 0.423 e. The highest BCUT2D eigenvalue weighted by Gasteiger charge is 2.48. The van der Waals surface area contributed by atoms with Crippen molar-refractivity contribution >= 4 is 31.5 Å². The Hall–Kier alpha value is -4.40. The molecular weight excluding hydrogens is 601 g/mol. The van der Waals surface area contributed by atoms with Crippen LogP contribution >= 0.6 is 0 Å². The maximum absolute atomic E-state index is 13.8. The number of rotatable bonds is 10. The summed E-state index contributed by atoms with van der Waals surface area (Å²) >= 11 is 0. The quantitative estimate of drug-likeness (QED) is 0.0751. The summed E-state index contributed by atoms with van der Waals surface area (Å²) in [6, 6.07) is 27.7. The van der Waals surface area contributed by atoms with E-state index < -0.39 is 20.2 Å². The molecule has 1 fully saturated rings. The summed E-state index contributed by atoms with van der Waals surface area (Å²) in [6.45, 7) is 11.2. The van der Waals surface area contributed by atoms with Crippen LogP contribution in [0.4, 0.5) is 14.5 Å². The first-order valence-electron chi connectivity index (χ1n) is 15.4. The molecule has 0 aliphatic carbocycles. The van der Waals surface area contributed by atoms with Crippen molar-refractivity contribution < 1.29 is 27.5 Å². The van der Waals surface area contributed by atoms with Crippen LogP contribution in [0.2, 0.25) is 18.1 Å². The van der Waals surface area contributed by atoms with Gasteiger partial charge in [-0.1, -0.05) is 69.3 Å². The number of β-lactam (4-membered cyclic amide) rings is 1. The summed E-state index contributed by atoms with van der Waals surface area (Å²) in [5, 5.41) is 0.00713. The van der Waals surface area contributed by atoms with Crippen LogP contribution in [0.15, 0.2) is 109 Å². The van der Waals surface area contributed by atoms with E-state index >= 15 is 0 Å². The smallest absolute Gasteiger partial charge is 0.343 e. The van der Waals surface area contributed by atoms with Gasteiger partial charge in [0, 0.05) is 5.69 Å². The van der Waals surface area contributed by atoms with Crippen molar-refractivity contribution in [3.63, 3.8) is 0 Å². The third kappa shape index (κ3) is 7.35. The summed E-state index contributed by atoms with van der Waals surface area (Å²) in [4.78, 5) is 27.9. The highest BCUT2D eigenvalue weighted by Crippen LogP contribution is 2.46. The molecule has 0 unspecified atom stereocenters. The molecule has 0 spiro atoms. The minimum Gasteiger partial charge on any atom is -0.423 e. The van der Waals surface area contributed by atoms with Gasteiger partial charge in [0.15, 0.2) is 8.32 Å². The van der Waals surface area contributed by atoms with Gasteiger partial charge in [-0.2, -0.15) is 0 Å². The van der Waals surface area contributed by atoms with E-state index in [9.17, 15) is 18.4 Å². The van der Waals surface area contributed by atoms with E-state index in [1.165, 1.54) is 24.3 Å². The lowest BCUT2D eigenvalue weighted by atomic mass is 9.79. The van der Waals surface area contributed by atoms with Crippen LogP contribution in [-0.2, 0) is 9.22 Å². The van der Waals surface area contributed by atoms with Gasteiger partial charge >= 0.3 is 5.97 Å². The van der Waals surface area contributed by atoms with E-state index in [1.54, 1.807) is 65.6 Å². The van der Waals surface area contributed by atoms with Crippen LogP contribution in [-0.4, -0.2) is 26.8 Å². The molecule has 0 radical (unpaired) electrons. The van der Waals surface area contributed by atoms with Gasteiger partial charge in [-0.15, -0.1) is 0 Å². The molecule has 1 amide bonds. The van der Waals surface area contributed by atoms with Crippen LogP contribution in [0, 0.1) is 17.6 Å². The number of nitrogens with zero attached hydrogens (tertiary/aromatic N) is 1. The SMILES string of the molecule is CC(C)(C)[Si](C)(C)OCC(=CC[C@H]1C(=O)N(c2ccc(F)cc2)[C@@H]1c1ccc(OC(=O)c2ccccc2)cc1)c1ccc(F)cc1. The van der Waals surface area contributed by atoms with Gasteiger partial charge in [0.05, 0.1) is 24.1 Å². The minimum absolute atomic E-state index is 0.00713. The van der Waals surface area contributed by atoms with Crippen LogP contribution in [0.3, 0.4) is 0 Å². The number of esters is 1. The Morgan fingerprint density at radius 2 is 1.41 bits per heavy atom. The predicted octanol–water partition coefficient (Wildman–Crippen LogP) is 9.38. The van der Waals surface area contributed by atoms with Crippen LogP contribution in [0.5, 0.6) is 5.75 Å². The lowest BCUT2D eigenvalue weighted by Crippen LogP contribution is -2.55. The average molecular weight is 640 g/mol. The maximum Gasteiger partial charge on any atom is 0.343 e. The summed E-state index contributed by atoms with van der Waals surface area (Å²) in [5.41, 5.74) is 3.61. The zero-order chi connectivity index (χ0) is 33.1. The van der Waals surface area contributed by atoms with Crippen molar-refractivity contribution in [2.24, 2.45) is 5.92 Å². The highest BCUT2D eigenvalue weighted by atomic mass is 28.4. The van der Waals surface area contributed by atoms with E-state index in [-0.39, 0.29) is 28.6 Å². The number of halogens is 2. The molecule has 2 atom stereocenters. The van der Waals surface area contributed by atoms with Gasteiger partial charge in [-0.3, -0.25) is 4.79 Å². The second-order valence-corrected chi connectivity index (χ2v) is 17.9. The molecule has 0 aromatic heterocycles. The maximum atomic E-state index is 13.8. The molecule has 0 N–H and O–H groups in total. The Morgan fingerprint density at radius 3 is 2.00 bits per heavy atom. The molecule has 238 valence electrons. The molecule has 4 aromatic carbocycles. The van der Waals surface area contributed by atoms with E-state index in [0.717, 1.165) is 16.7 Å². The van der Waals surface area contributed by atoms with Crippen molar-refractivity contribution in [2.45, 2.75) is 51.4 Å². The Kier molecular flexibility index (Phi) is 9.70. The van der Waals surface area contributed by atoms with E-state index in [1.807, 2.05) is 24.3 Å². The first-order valence-corrected chi connectivity index (χ1v) is 18.3. The van der Waals surface area contributed by atoms with Crippen LogP contribution < -0.4 is 9.64 Å². The standard InChI is InChI=1S/C38H39F2NO4Si/c1-38(2,3)46(4,5)44-25-29(26-11-16-30(39)17-12-26)15-24-34-35(41(36(34)42)32-20-18-31(40)19-21-32)27-13-22-33(23-14-27)45-37(43)28-9-7-6-8-10-28/h6-23,34-35H,24-25H2,1-5H3/t34-,35-/m1/s1. The Labute approximate surface area is 270 Å². The van der Waals surface area contributed by atoms with Gasteiger partial charge in [0.1, 0.15) is 17.4 Å². The lowest BCUT2D eigenvalue weighted by molar-refractivity contribution is -0.130. The Balaban J connectivity index is 1.42. The van der Waals surface area contributed by atoms with Crippen molar-refractivity contribution in [3.05, 3.63) is 138 Å². The number of amides is 1. The van der Waals surface area contributed by atoms with Gasteiger partial charge in [-0.05, 0) is 102 Å². The van der Waals surface area contributed by atoms with Crippen molar-refractivity contribution in [2.75, 3.05) is 11.5 Å². The fourth-order valence-electron chi connectivity index (χ4n) is 5.19. The van der Waals surface area contributed by atoms with E-state index in [2.05, 4.69) is 33.9 Å². The second-order valence-electron chi connectivity index (χ2n) is 13.1. The molecule has 4 aromatic rings. The summed E-state index contributed by atoms with van der Waals surface area (Å²) in [5.74, 6) is -1.29. The third-order valence-corrected chi connectivity index (χ3v) is 13.5. The van der Waals surface area contributed by atoms with Crippen molar-refractivity contribution in [1.29, 1.82) is 0 Å². The lowest BCUT2D eigenvalue weighted by Gasteiger charge is -2.47. The predicted molar refractivity (Wildman–Crippen MR) is 180 cm³/mol. The topological polar surface area (TPSA) is 55.8 Å². The molecule has 5 rings (SSSR count). The number of hydrogen-bond acceptors (Lipinski definition) is 4. The molecule has 1 heterocycles. The van der Waals surface area contributed by atoms with Crippen LogP contribution in [0.1, 0.15) is 54.7 Å². The fourth-order valence-corrected chi connectivity index (χ4v) is 6.14. The van der Waals surface area contributed by atoms with Gasteiger partial charge < -0.3 is 14.1 Å². The van der Waals surface area contributed by atoms with Crippen LogP contribution in [0.25, 0.3) is 5.57 Å². The monoisotopic (exact) mass is 639 g/mol.